The van der Waals surface area contributed by atoms with Gasteiger partial charge in [-0.25, -0.2) is 0 Å². The Morgan fingerprint density at radius 1 is 1.39 bits per heavy atom. The van der Waals surface area contributed by atoms with Crippen molar-refractivity contribution >= 4 is 23.2 Å². The lowest BCUT2D eigenvalue weighted by Gasteiger charge is -2.09. The SMILES string of the molecule is CCCNCC(=O)Nc1ccc(OCC)c(Cl)c1. The Morgan fingerprint density at radius 3 is 2.78 bits per heavy atom. The number of nitrogens with one attached hydrogen (secondary N) is 2. The van der Waals surface area contributed by atoms with Crippen LogP contribution in [0.1, 0.15) is 20.3 Å². The van der Waals surface area contributed by atoms with Crippen molar-refractivity contribution in [1.82, 2.24) is 5.32 Å². The van der Waals surface area contributed by atoms with Crippen LogP contribution in [0, 0.1) is 0 Å². The fourth-order valence-electron chi connectivity index (χ4n) is 1.44. The maximum absolute atomic E-state index is 11.6. The van der Waals surface area contributed by atoms with Gasteiger partial charge in [-0.15, -0.1) is 0 Å². The van der Waals surface area contributed by atoms with Gasteiger partial charge in [0.15, 0.2) is 0 Å². The lowest BCUT2D eigenvalue weighted by atomic mass is 10.3. The average molecular weight is 271 g/mol. The van der Waals surface area contributed by atoms with E-state index in [1.165, 1.54) is 0 Å². The zero-order chi connectivity index (χ0) is 13.4. The van der Waals surface area contributed by atoms with Crippen LogP contribution in [0.15, 0.2) is 18.2 Å². The first-order chi connectivity index (χ1) is 8.67. The monoisotopic (exact) mass is 270 g/mol. The molecule has 0 aliphatic rings. The van der Waals surface area contributed by atoms with Crippen LogP contribution in [0.3, 0.4) is 0 Å². The number of carbonyl (C=O) groups is 1. The normalized spacial score (nSPS) is 10.2. The molecule has 1 aromatic carbocycles. The average Bonchev–Trinajstić information content (AvgIpc) is 2.33. The fourth-order valence-corrected chi connectivity index (χ4v) is 1.67. The number of benzene rings is 1. The third-order valence-electron chi connectivity index (χ3n) is 2.23. The van der Waals surface area contributed by atoms with Gasteiger partial charge in [-0.2, -0.15) is 0 Å². The Bertz CT molecular complexity index is 397. The molecule has 1 amide bonds. The summed E-state index contributed by atoms with van der Waals surface area (Å²) in [5.41, 5.74) is 0.673. The van der Waals surface area contributed by atoms with E-state index < -0.39 is 0 Å². The van der Waals surface area contributed by atoms with Crippen LogP contribution in [-0.2, 0) is 4.79 Å². The van der Waals surface area contributed by atoms with E-state index in [1.807, 2.05) is 6.92 Å². The minimum atomic E-state index is -0.0799. The molecular weight excluding hydrogens is 252 g/mol. The second-order valence-electron chi connectivity index (χ2n) is 3.80. The first-order valence-corrected chi connectivity index (χ1v) is 6.48. The molecule has 0 fully saturated rings. The van der Waals surface area contributed by atoms with Crippen LogP contribution < -0.4 is 15.4 Å². The van der Waals surface area contributed by atoms with Crippen molar-refractivity contribution in [2.24, 2.45) is 0 Å². The van der Waals surface area contributed by atoms with E-state index in [0.29, 0.717) is 29.6 Å². The number of rotatable bonds is 7. The van der Waals surface area contributed by atoms with Crippen LogP contribution in [-0.4, -0.2) is 25.6 Å². The Kier molecular flexibility index (Phi) is 6.54. The molecule has 4 nitrogen and oxygen atoms in total. The van der Waals surface area contributed by atoms with Crippen LogP contribution in [0.4, 0.5) is 5.69 Å². The second kappa shape index (κ2) is 7.95. The highest BCUT2D eigenvalue weighted by Crippen LogP contribution is 2.27. The molecule has 0 spiro atoms. The molecule has 18 heavy (non-hydrogen) atoms. The minimum Gasteiger partial charge on any atom is -0.492 e. The first kappa shape index (κ1) is 14.8. The van der Waals surface area contributed by atoms with Crippen molar-refractivity contribution in [3.05, 3.63) is 23.2 Å². The lowest BCUT2D eigenvalue weighted by Crippen LogP contribution is -2.28. The van der Waals surface area contributed by atoms with E-state index in [2.05, 4.69) is 17.6 Å². The molecule has 0 saturated carbocycles. The topological polar surface area (TPSA) is 50.4 Å². The third kappa shape index (κ3) is 4.94. The van der Waals surface area contributed by atoms with Gasteiger partial charge in [0.25, 0.3) is 0 Å². The lowest BCUT2D eigenvalue weighted by molar-refractivity contribution is -0.115. The summed E-state index contributed by atoms with van der Waals surface area (Å²) in [6.45, 7) is 5.64. The molecule has 1 rings (SSSR count). The zero-order valence-corrected chi connectivity index (χ0v) is 11.5. The smallest absolute Gasteiger partial charge is 0.238 e. The molecule has 0 aliphatic heterocycles. The van der Waals surface area contributed by atoms with Crippen molar-refractivity contribution < 1.29 is 9.53 Å². The highest BCUT2D eigenvalue weighted by molar-refractivity contribution is 6.32. The van der Waals surface area contributed by atoms with Crippen molar-refractivity contribution in [3.63, 3.8) is 0 Å². The molecule has 0 aromatic heterocycles. The van der Waals surface area contributed by atoms with Crippen LogP contribution >= 0.6 is 11.6 Å². The summed E-state index contributed by atoms with van der Waals surface area (Å²) >= 11 is 6.03. The van der Waals surface area contributed by atoms with Crippen LogP contribution in [0.25, 0.3) is 0 Å². The molecule has 0 bridgehead atoms. The Morgan fingerprint density at radius 2 is 2.17 bits per heavy atom. The number of hydrogen-bond donors (Lipinski definition) is 2. The van der Waals surface area contributed by atoms with Crippen LogP contribution in [0.2, 0.25) is 5.02 Å². The first-order valence-electron chi connectivity index (χ1n) is 6.10. The Balaban J connectivity index is 2.52. The molecular formula is C13H19ClN2O2. The van der Waals surface area contributed by atoms with E-state index in [-0.39, 0.29) is 5.91 Å². The van der Waals surface area contributed by atoms with Gasteiger partial charge in [0.2, 0.25) is 5.91 Å². The molecule has 2 N–H and O–H groups in total. The molecule has 1 aromatic rings. The van der Waals surface area contributed by atoms with Gasteiger partial charge in [0.1, 0.15) is 5.75 Å². The summed E-state index contributed by atoms with van der Waals surface area (Å²) < 4.78 is 5.32. The highest BCUT2D eigenvalue weighted by Gasteiger charge is 2.05. The maximum atomic E-state index is 11.6. The fraction of sp³-hybridized carbons (Fsp3) is 0.462. The summed E-state index contributed by atoms with van der Waals surface area (Å²) in [7, 11) is 0. The van der Waals surface area contributed by atoms with E-state index in [9.17, 15) is 4.79 Å². The van der Waals surface area contributed by atoms with Crippen molar-refractivity contribution in [2.45, 2.75) is 20.3 Å². The van der Waals surface area contributed by atoms with Gasteiger partial charge in [-0.1, -0.05) is 18.5 Å². The van der Waals surface area contributed by atoms with Gasteiger partial charge < -0.3 is 15.4 Å². The maximum Gasteiger partial charge on any atom is 0.238 e. The number of halogens is 1. The minimum absolute atomic E-state index is 0.0799. The summed E-state index contributed by atoms with van der Waals surface area (Å²) in [5, 5.41) is 6.30. The molecule has 0 unspecified atom stereocenters. The molecule has 0 atom stereocenters. The third-order valence-corrected chi connectivity index (χ3v) is 2.52. The van der Waals surface area contributed by atoms with Gasteiger partial charge >= 0.3 is 0 Å². The van der Waals surface area contributed by atoms with Crippen molar-refractivity contribution in [2.75, 3.05) is 25.0 Å². The predicted octanol–water partition coefficient (Wildman–Crippen LogP) is 2.68. The van der Waals surface area contributed by atoms with Gasteiger partial charge in [0.05, 0.1) is 18.2 Å². The van der Waals surface area contributed by atoms with E-state index in [1.54, 1.807) is 18.2 Å². The number of anilines is 1. The molecule has 0 heterocycles. The largest absolute Gasteiger partial charge is 0.492 e. The number of amides is 1. The number of carbonyl (C=O) groups excluding carboxylic acids is 1. The van der Waals surface area contributed by atoms with E-state index in [4.69, 9.17) is 16.3 Å². The van der Waals surface area contributed by atoms with Gasteiger partial charge in [-0.05, 0) is 38.1 Å². The summed E-state index contributed by atoms with van der Waals surface area (Å²) in [6, 6.07) is 5.21. The quantitative estimate of drug-likeness (QED) is 0.749. The van der Waals surface area contributed by atoms with Gasteiger partial charge in [0, 0.05) is 5.69 Å². The summed E-state index contributed by atoms with van der Waals surface area (Å²) in [5.74, 6) is 0.546. The van der Waals surface area contributed by atoms with Gasteiger partial charge in [-0.3, -0.25) is 4.79 Å². The van der Waals surface area contributed by atoms with Crippen LogP contribution in [0.5, 0.6) is 5.75 Å². The van der Waals surface area contributed by atoms with E-state index >= 15 is 0 Å². The molecule has 5 heteroatoms. The Labute approximate surface area is 113 Å². The highest BCUT2D eigenvalue weighted by atomic mass is 35.5. The Hall–Kier alpha value is -1.26. The van der Waals surface area contributed by atoms with Crippen molar-refractivity contribution in [3.8, 4) is 5.75 Å². The van der Waals surface area contributed by atoms with Crippen molar-refractivity contribution in [1.29, 1.82) is 0 Å². The van der Waals surface area contributed by atoms with E-state index in [0.717, 1.165) is 13.0 Å². The summed E-state index contributed by atoms with van der Waals surface area (Å²) in [6.07, 6.45) is 1.00. The standard InChI is InChI=1S/C13H19ClN2O2/c1-3-7-15-9-13(17)16-10-5-6-12(18-4-2)11(14)8-10/h5-6,8,15H,3-4,7,9H2,1-2H3,(H,16,17). The number of ether oxygens (including phenoxy) is 1. The molecule has 0 aliphatic carbocycles. The number of hydrogen-bond acceptors (Lipinski definition) is 3. The molecule has 0 radical (unpaired) electrons. The predicted molar refractivity (Wildman–Crippen MR) is 74.4 cm³/mol. The molecule has 0 saturated heterocycles. The second-order valence-corrected chi connectivity index (χ2v) is 4.21. The summed E-state index contributed by atoms with van der Waals surface area (Å²) in [4.78, 5) is 11.6. The molecule has 100 valence electrons. The zero-order valence-electron chi connectivity index (χ0n) is 10.8.